The maximum Gasteiger partial charge on any atom is 0.204 e. The molecular formula is C30H28F4O. The zero-order valence-electron chi connectivity index (χ0n) is 19.9. The lowest BCUT2D eigenvalue weighted by molar-refractivity contribution is 0.347. The molecule has 0 bridgehead atoms. The van der Waals surface area contributed by atoms with Gasteiger partial charge < -0.3 is 4.74 Å². The molecule has 0 heterocycles. The summed E-state index contributed by atoms with van der Waals surface area (Å²) >= 11 is 0. The van der Waals surface area contributed by atoms with E-state index in [9.17, 15) is 13.2 Å². The van der Waals surface area contributed by atoms with Crippen LogP contribution in [0.4, 0.5) is 17.6 Å². The number of fused-ring (bicyclic) bond motifs is 1. The van der Waals surface area contributed by atoms with Gasteiger partial charge in [-0.25, -0.2) is 13.2 Å². The van der Waals surface area contributed by atoms with Gasteiger partial charge in [-0.05, 0) is 52.8 Å². The molecular weight excluding hydrogens is 452 g/mol. The van der Waals surface area contributed by atoms with Crippen LogP contribution in [0.1, 0.15) is 49.7 Å². The number of halogens is 4. The fraction of sp³-hybridized carbons (Fsp3) is 0.267. The Morgan fingerprint density at radius 1 is 0.743 bits per heavy atom. The highest BCUT2D eigenvalue weighted by Gasteiger charge is 2.23. The first-order valence-electron chi connectivity index (χ1n) is 11.9. The van der Waals surface area contributed by atoms with Crippen LogP contribution < -0.4 is 4.74 Å². The van der Waals surface area contributed by atoms with E-state index in [2.05, 4.69) is 42.0 Å². The topological polar surface area (TPSA) is 9.23 Å². The lowest BCUT2D eigenvalue weighted by atomic mass is 9.86. The van der Waals surface area contributed by atoms with Crippen LogP contribution in [0.15, 0.2) is 66.7 Å². The second kappa shape index (κ2) is 10.9. The summed E-state index contributed by atoms with van der Waals surface area (Å²) in [5.41, 5.74) is 1.28. The molecule has 182 valence electrons. The third kappa shape index (κ3) is 5.34. The van der Waals surface area contributed by atoms with E-state index in [1.54, 1.807) is 6.07 Å². The number of unbranched alkanes of at least 4 members (excludes halogenated alkanes) is 2. The molecule has 0 aliphatic rings. The van der Waals surface area contributed by atoms with E-state index < -0.39 is 34.6 Å². The molecule has 1 atom stereocenters. The van der Waals surface area contributed by atoms with E-state index in [1.165, 1.54) is 12.1 Å². The van der Waals surface area contributed by atoms with Crippen LogP contribution in [0, 0.1) is 23.3 Å². The Labute approximate surface area is 203 Å². The van der Waals surface area contributed by atoms with Gasteiger partial charge in [0.05, 0.1) is 7.11 Å². The first kappa shape index (κ1) is 24.8. The van der Waals surface area contributed by atoms with Gasteiger partial charge in [0.2, 0.25) is 5.82 Å². The summed E-state index contributed by atoms with van der Waals surface area (Å²) in [7, 11) is 1.05. The summed E-state index contributed by atoms with van der Waals surface area (Å²) in [6, 6.07) is 19.8. The molecule has 4 rings (SSSR count). The Hall–Kier alpha value is -3.34. The standard InChI is InChI=1S/C30H28F4O/c1-3-4-5-9-22(16-19-11-12-20-8-6-7-10-21(20)15-19)23-13-14-24(26(31)17-23)25-18-27(32)30(35-2)29(34)28(25)33/h6-8,10-15,17-18,22H,3-5,9,16H2,1-2H3. The summed E-state index contributed by atoms with van der Waals surface area (Å²) in [4.78, 5) is 0. The Balaban J connectivity index is 1.67. The van der Waals surface area contributed by atoms with Gasteiger partial charge in [0.15, 0.2) is 17.4 Å². The first-order chi connectivity index (χ1) is 16.9. The fourth-order valence-electron chi connectivity index (χ4n) is 4.64. The monoisotopic (exact) mass is 480 g/mol. The lowest BCUT2D eigenvalue weighted by Crippen LogP contribution is -2.05. The Bertz CT molecular complexity index is 1330. The zero-order chi connectivity index (χ0) is 24.9. The van der Waals surface area contributed by atoms with Crippen LogP contribution in [0.2, 0.25) is 0 Å². The molecule has 4 aromatic carbocycles. The van der Waals surface area contributed by atoms with Gasteiger partial charge >= 0.3 is 0 Å². The van der Waals surface area contributed by atoms with Gasteiger partial charge in [-0.2, -0.15) is 4.39 Å². The summed E-state index contributed by atoms with van der Waals surface area (Å²) in [5, 5.41) is 2.31. The minimum absolute atomic E-state index is 0.0560. The Morgan fingerprint density at radius 3 is 2.23 bits per heavy atom. The van der Waals surface area contributed by atoms with E-state index in [-0.39, 0.29) is 11.5 Å². The second-order valence-electron chi connectivity index (χ2n) is 8.88. The predicted molar refractivity (Wildman–Crippen MR) is 133 cm³/mol. The van der Waals surface area contributed by atoms with Crippen molar-refractivity contribution in [2.24, 2.45) is 0 Å². The SMILES string of the molecule is CCCCCC(Cc1ccc2ccccc2c1)c1ccc(-c2cc(F)c(OC)c(F)c2F)c(F)c1. The van der Waals surface area contributed by atoms with Gasteiger partial charge in [0.1, 0.15) is 5.82 Å². The highest BCUT2D eigenvalue weighted by molar-refractivity contribution is 5.83. The molecule has 0 saturated carbocycles. The van der Waals surface area contributed by atoms with Crippen LogP contribution in [0.3, 0.4) is 0 Å². The van der Waals surface area contributed by atoms with Crippen molar-refractivity contribution in [1.82, 2.24) is 0 Å². The number of hydrogen-bond donors (Lipinski definition) is 0. The minimum Gasteiger partial charge on any atom is -0.491 e. The highest BCUT2D eigenvalue weighted by Crippen LogP contribution is 2.36. The minimum atomic E-state index is -1.47. The number of rotatable bonds is 9. The van der Waals surface area contributed by atoms with Crippen molar-refractivity contribution in [3.8, 4) is 16.9 Å². The van der Waals surface area contributed by atoms with Crippen molar-refractivity contribution in [3.05, 3.63) is 101 Å². The molecule has 0 amide bonds. The third-order valence-electron chi connectivity index (χ3n) is 6.53. The van der Waals surface area contributed by atoms with Crippen molar-refractivity contribution in [2.45, 2.75) is 44.9 Å². The quantitative estimate of drug-likeness (QED) is 0.132. The van der Waals surface area contributed by atoms with E-state index >= 15 is 4.39 Å². The second-order valence-corrected chi connectivity index (χ2v) is 8.88. The van der Waals surface area contributed by atoms with Crippen molar-refractivity contribution >= 4 is 10.8 Å². The van der Waals surface area contributed by atoms with Crippen molar-refractivity contribution < 1.29 is 22.3 Å². The van der Waals surface area contributed by atoms with E-state index in [4.69, 9.17) is 0 Å². The molecule has 0 spiro atoms. The van der Waals surface area contributed by atoms with Crippen LogP contribution in [-0.4, -0.2) is 7.11 Å². The van der Waals surface area contributed by atoms with Crippen LogP contribution in [-0.2, 0) is 6.42 Å². The van der Waals surface area contributed by atoms with Crippen LogP contribution in [0.25, 0.3) is 21.9 Å². The molecule has 0 aliphatic carbocycles. The number of benzene rings is 4. The maximum absolute atomic E-state index is 15.2. The first-order valence-corrected chi connectivity index (χ1v) is 11.9. The number of ether oxygens (including phenoxy) is 1. The summed E-state index contributed by atoms with van der Waals surface area (Å²) in [5.74, 6) is -5.39. The third-order valence-corrected chi connectivity index (χ3v) is 6.53. The molecule has 1 nitrogen and oxygen atoms in total. The molecule has 0 saturated heterocycles. The van der Waals surface area contributed by atoms with Crippen molar-refractivity contribution in [3.63, 3.8) is 0 Å². The molecule has 0 fully saturated rings. The Morgan fingerprint density at radius 2 is 1.51 bits per heavy atom. The number of hydrogen-bond acceptors (Lipinski definition) is 1. The fourth-order valence-corrected chi connectivity index (χ4v) is 4.64. The average Bonchev–Trinajstić information content (AvgIpc) is 2.86. The lowest BCUT2D eigenvalue weighted by Gasteiger charge is -2.19. The van der Waals surface area contributed by atoms with Crippen molar-refractivity contribution in [2.75, 3.05) is 7.11 Å². The predicted octanol–water partition coefficient (Wildman–Crippen LogP) is 8.98. The molecule has 5 heteroatoms. The summed E-state index contributed by atoms with van der Waals surface area (Å²) in [6.45, 7) is 2.13. The molecule has 35 heavy (non-hydrogen) atoms. The van der Waals surface area contributed by atoms with Crippen LogP contribution >= 0.6 is 0 Å². The number of methoxy groups -OCH3 is 1. The molecule has 0 N–H and O–H groups in total. The maximum atomic E-state index is 15.2. The Kier molecular flexibility index (Phi) is 7.74. The zero-order valence-corrected chi connectivity index (χ0v) is 19.9. The van der Waals surface area contributed by atoms with Crippen molar-refractivity contribution in [1.29, 1.82) is 0 Å². The van der Waals surface area contributed by atoms with Gasteiger partial charge in [0, 0.05) is 11.1 Å². The normalized spacial score (nSPS) is 12.2. The summed E-state index contributed by atoms with van der Waals surface area (Å²) < 4.78 is 62.8. The average molecular weight is 481 g/mol. The largest absolute Gasteiger partial charge is 0.491 e. The smallest absolute Gasteiger partial charge is 0.204 e. The van der Waals surface area contributed by atoms with E-state index in [0.29, 0.717) is 0 Å². The molecule has 1 unspecified atom stereocenters. The van der Waals surface area contributed by atoms with E-state index in [0.717, 1.165) is 67.2 Å². The van der Waals surface area contributed by atoms with Gasteiger partial charge in [-0.1, -0.05) is 80.8 Å². The highest BCUT2D eigenvalue weighted by atomic mass is 19.2. The van der Waals surface area contributed by atoms with Gasteiger partial charge in [0.25, 0.3) is 0 Å². The van der Waals surface area contributed by atoms with E-state index in [1.807, 2.05) is 12.1 Å². The molecule has 0 aromatic heterocycles. The molecule has 0 radical (unpaired) electrons. The molecule has 4 aromatic rings. The summed E-state index contributed by atoms with van der Waals surface area (Å²) in [6.07, 6.45) is 4.75. The van der Waals surface area contributed by atoms with Crippen LogP contribution in [0.5, 0.6) is 5.75 Å². The molecule has 0 aliphatic heterocycles. The van der Waals surface area contributed by atoms with Gasteiger partial charge in [-0.3, -0.25) is 0 Å². The van der Waals surface area contributed by atoms with Gasteiger partial charge in [-0.15, -0.1) is 0 Å².